The van der Waals surface area contributed by atoms with Crippen molar-refractivity contribution in [1.82, 2.24) is 4.57 Å². The molecule has 1 N–H and O–H groups in total. The van der Waals surface area contributed by atoms with Crippen molar-refractivity contribution >= 4 is 22.4 Å². The lowest BCUT2D eigenvalue weighted by Crippen LogP contribution is -2.21. The van der Waals surface area contributed by atoms with E-state index in [1.165, 1.54) is 0 Å². The second kappa shape index (κ2) is 8.90. The topological polar surface area (TPSA) is 69.6 Å². The Balaban J connectivity index is 1.69. The zero-order valence-corrected chi connectivity index (χ0v) is 15.7. The first-order valence-corrected chi connectivity index (χ1v) is 9.01. The molecule has 1 aromatic heterocycles. The fourth-order valence-corrected chi connectivity index (χ4v) is 2.84. The summed E-state index contributed by atoms with van der Waals surface area (Å²) in [7, 11) is 0. The zero-order chi connectivity index (χ0) is 19.9. The zero-order valence-electron chi connectivity index (χ0n) is 15.7. The molecule has 0 aliphatic rings. The molecule has 0 radical (unpaired) electrons. The Labute approximate surface area is 163 Å². The van der Waals surface area contributed by atoms with Gasteiger partial charge in [-0.25, -0.2) is 0 Å². The average Bonchev–Trinajstić information content (AvgIpc) is 2.70. The maximum atomic E-state index is 12.5. The maximum absolute atomic E-state index is 12.5. The molecular formula is C22H22N2O4. The number of hydrogen-bond acceptors (Lipinski definition) is 4. The minimum absolute atomic E-state index is 0.123. The summed E-state index contributed by atoms with van der Waals surface area (Å²) in [5, 5.41) is 3.97. The fourth-order valence-electron chi connectivity index (χ4n) is 2.84. The summed E-state index contributed by atoms with van der Waals surface area (Å²) in [5.41, 5.74) is 0.531. The fraction of sp³-hybridized carbons (Fsp3) is 0.182. The van der Waals surface area contributed by atoms with Crippen LogP contribution in [0.2, 0.25) is 0 Å². The summed E-state index contributed by atoms with van der Waals surface area (Å²) in [5.74, 6) is 0.943. The number of carbonyl (C=O) groups excluding carboxylic acids is 1. The van der Waals surface area contributed by atoms with E-state index in [2.05, 4.69) is 11.9 Å². The quantitative estimate of drug-likeness (QED) is 0.608. The first-order valence-electron chi connectivity index (χ1n) is 9.01. The molecule has 144 valence electrons. The molecule has 3 aromatic rings. The third-order valence-corrected chi connectivity index (χ3v) is 4.11. The number of nitrogens with one attached hydrogen (secondary N) is 1. The molecule has 2 aromatic carbocycles. The monoisotopic (exact) mass is 378 g/mol. The number of fused-ring (bicyclic) bond motifs is 1. The van der Waals surface area contributed by atoms with Gasteiger partial charge in [-0.3, -0.25) is 9.59 Å². The second-order valence-corrected chi connectivity index (χ2v) is 6.07. The van der Waals surface area contributed by atoms with Gasteiger partial charge in [-0.15, -0.1) is 6.58 Å². The molecule has 6 nitrogen and oxygen atoms in total. The molecule has 0 saturated heterocycles. The number of amides is 1. The van der Waals surface area contributed by atoms with Crippen LogP contribution in [-0.2, 0) is 11.3 Å². The Hall–Kier alpha value is -3.54. The SMILES string of the molecule is C=CCn1ccc2c(OCC(=O)Nc3ccc(OCC)cc3)cccc2c1=O. The average molecular weight is 378 g/mol. The van der Waals surface area contributed by atoms with Crippen LogP contribution in [0.1, 0.15) is 6.92 Å². The minimum atomic E-state index is -0.291. The third-order valence-electron chi connectivity index (χ3n) is 4.11. The van der Waals surface area contributed by atoms with Crippen LogP contribution in [0.4, 0.5) is 5.69 Å². The predicted molar refractivity (Wildman–Crippen MR) is 110 cm³/mol. The van der Waals surface area contributed by atoms with E-state index in [0.717, 1.165) is 5.75 Å². The molecule has 3 rings (SSSR count). The molecule has 1 amide bonds. The Morgan fingerprint density at radius 2 is 1.89 bits per heavy atom. The highest BCUT2D eigenvalue weighted by Gasteiger charge is 2.09. The Morgan fingerprint density at radius 3 is 2.61 bits per heavy atom. The number of hydrogen-bond donors (Lipinski definition) is 1. The van der Waals surface area contributed by atoms with Gasteiger partial charge in [-0.1, -0.05) is 12.1 Å². The molecular weight excluding hydrogens is 356 g/mol. The first kappa shape index (κ1) is 19.2. The molecule has 0 unspecified atom stereocenters. The lowest BCUT2D eigenvalue weighted by Gasteiger charge is -2.11. The smallest absolute Gasteiger partial charge is 0.262 e. The summed E-state index contributed by atoms with van der Waals surface area (Å²) in [6, 6.07) is 14.1. The highest BCUT2D eigenvalue weighted by atomic mass is 16.5. The van der Waals surface area contributed by atoms with Crippen LogP contribution < -0.4 is 20.3 Å². The Bertz CT molecular complexity index is 1040. The van der Waals surface area contributed by atoms with Crippen molar-refractivity contribution in [3.63, 3.8) is 0 Å². The lowest BCUT2D eigenvalue weighted by atomic mass is 10.1. The third kappa shape index (κ3) is 4.40. The number of anilines is 1. The van der Waals surface area contributed by atoms with E-state index >= 15 is 0 Å². The molecule has 0 saturated carbocycles. The van der Waals surface area contributed by atoms with Crippen LogP contribution in [-0.4, -0.2) is 23.7 Å². The van der Waals surface area contributed by atoms with Crippen molar-refractivity contribution in [3.8, 4) is 11.5 Å². The van der Waals surface area contributed by atoms with Gasteiger partial charge in [0, 0.05) is 23.8 Å². The van der Waals surface area contributed by atoms with E-state index in [1.807, 2.05) is 6.92 Å². The summed E-state index contributed by atoms with van der Waals surface area (Å²) < 4.78 is 12.6. The second-order valence-electron chi connectivity index (χ2n) is 6.07. The van der Waals surface area contributed by atoms with Crippen LogP contribution >= 0.6 is 0 Å². The van der Waals surface area contributed by atoms with E-state index < -0.39 is 0 Å². The van der Waals surface area contributed by atoms with E-state index in [0.29, 0.717) is 35.4 Å². The number of nitrogens with zero attached hydrogens (tertiary/aromatic N) is 1. The number of allylic oxidation sites excluding steroid dienone is 1. The van der Waals surface area contributed by atoms with Gasteiger partial charge in [-0.05, 0) is 49.4 Å². The summed E-state index contributed by atoms with van der Waals surface area (Å²) in [6.07, 6.45) is 3.36. The number of aromatic nitrogens is 1. The molecule has 0 spiro atoms. The van der Waals surface area contributed by atoms with Crippen molar-refractivity contribution in [2.75, 3.05) is 18.5 Å². The molecule has 0 aliphatic carbocycles. The number of benzene rings is 2. The van der Waals surface area contributed by atoms with Crippen molar-refractivity contribution in [2.24, 2.45) is 0 Å². The lowest BCUT2D eigenvalue weighted by molar-refractivity contribution is -0.118. The molecule has 1 heterocycles. The van der Waals surface area contributed by atoms with E-state index in [4.69, 9.17) is 9.47 Å². The van der Waals surface area contributed by atoms with Crippen LogP contribution in [0.25, 0.3) is 10.8 Å². The maximum Gasteiger partial charge on any atom is 0.262 e. The molecule has 0 fully saturated rings. The van der Waals surface area contributed by atoms with Crippen LogP contribution in [0.3, 0.4) is 0 Å². The molecule has 28 heavy (non-hydrogen) atoms. The first-order chi connectivity index (χ1) is 13.6. The summed E-state index contributed by atoms with van der Waals surface area (Å²) in [4.78, 5) is 24.7. The van der Waals surface area contributed by atoms with Gasteiger partial charge in [0.2, 0.25) is 0 Å². The van der Waals surface area contributed by atoms with Gasteiger partial charge in [-0.2, -0.15) is 0 Å². The van der Waals surface area contributed by atoms with Crippen LogP contribution in [0.15, 0.2) is 72.2 Å². The van der Waals surface area contributed by atoms with Crippen molar-refractivity contribution in [3.05, 3.63) is 77.7 Å². The predicted octanol–water partition coefficient (Wildman–Crippen LogP) is 3.60. The normalized spacial score (nSPS) is 10.5. The van der Waals surface area contributed by atoms with Crippen LogP contribution in [0.5, 0.6) is 11.5 Å². The highest BCUT2D eigenvalue weighted by molar-refractivity contribution is 5.92. The Morgan fingerprint density at radius 1 is 1.11 bits per heavy atom. The van der Waals surface area contributed by atoms with Gasteiger partial charge in [0.1, 0.15) is 11.5 Å². The number of rotatable bonds is 8. The molecule has 0 aliphatic heterocycles. The molecule has 6 heteroatoms. The van der Waals surface area contributed by atoms with Crippen molar-refractivity contribution in [1.29, 1.82) is 0 Å². The van der Waals surface area contributed by atoms with Crippen LogP contribution in [0, 0.1) is 0 Å². The summed E-state index contributed by atoms with van der Waals surface area (Å²) >= 11 is 0. The van der Waals surface area contributed by atoms with E-state index in [9.17, 15) is 9.59 Å². The minimum Gasteiger partial charge on any atom is -0.494 e. The molecule has 0 bridgehead atoms. The number of carbonyl (C=O) groups is 1. The van der Waals surface area contributed by atoms with Crippen molar-refractivity contribution in [2.45, 2.75) is 13.5 Å². The van der Waals surface area contributed by atoms with E-state index in [1.54, 1.807) is 65.4 Å². The Kier molecular flexibility index (Phi) is 6.11. The van der Waals surface area contributed by atoms with Crippen molar-refractivity contribution < 1.29 is 14.3 Å². The van der Waals surface area contributed by atoms with Gasteiger partial charge in [0.05, 0.1) is 12.0 Å². The van der Waals surface area contributed by atoms with Gasteiger partial charge >= 0.3 is 0 Å². The van der Waals surface area contributed by atoms with Gasteiger partial charge < -0.3 is 19.4 Å². The number of ether oxygens (including phenoxy) is 2. The standard InChI is InChI=1S/C22H22N2O4/c1-3-13-24-14-12-18-19(22(24)26)6-5-7-20(18)28-15-21(25)23-16-8-10-17(11-9-16)27-4-2/h3,5-12,14H,1,4,13,15H2,2H3,(H,23,25). The van der Waals surface area contributed by atoms with Gasteiger partial charge in [0.15, 0.2) is 6.61 Å². The van der Waals surface area contributed by atoms with Gasteiger partial charge in [0.25, 0.3) is 11.5 Å². The largest absolute Gasteiger partial charge is 0.494 e. The number of pyridine rings is 1. The molecule has 0 atom stereocenters. The highest BCUT2D eigenvalue weighted by Crippen LogP contribution is 2.23. The summed E-state index contributed by atoms with van der Waals surface area (Å²) in [6.45, 7) is 6.42. The van der Waals surface area contributed by atoms with E-state index in [-0.39, 0.29) is 18.1 Å².